The Hall–Kier alpha value is -0.520. The summed E-state index contributed by atoms with van der Waals surface area (Å²) in [6.07, 6.45) is 4.34. The van der Waals surface area contributed by atoms with Gasteiger partial charge in [-0.2, -0.15) is 0 Å². The van der Waals surface area contributed by atoms with Crippen LogP contribution in [0.15, 0.2) is 22.1 Å². The van der Waals surface area contributed by atoms with E-state index in [0.717, 1.165) is 31.4 Å². The third kappa shape index (κ3) is 2.96. The van der Waals surface area contributed by atoms with E-state index in [0.29, 0.717) is 11.3 Å². The fourth-order valence-corrected chi connectivity index (χ4v) is 2.77. The number of hydrogen-bond acceptors (Lipinski definition) is 5. The zero-order valence-electron chi connectivity index (χ0n) is 8.81. The Labute approximate surface area is 93.8 Å². The van der Waals surface area contributed by atoms with Crippen LogP contribution in [0, 0.1) is 0 Å². The number of nitrogens with one attached hydrogen (secondary N) is 1. The highest BCUT2D eigenvalue weighted by molar-refractivity contribution is 7.99. The van der Waals surface area contributed by atoms with Gasteiger partial charge in [-0.05, 0) is 13.0 Å². The molecule has 2 atom stereocenters. The van der Waals surface area contributed by atoms with Gasteiger partial charge in [-0.3, -0.25) is 0 Å². The van der Waals surface area contributed by atoms with Crippen molar-refractivity contribution in [3.8, 4) is 0 Å². The van der Waals surface area contributed by atoms with Gasteiger partial charge in [0.15, 0.2) is 0 Å². The third-order valence-corrected chi connectivity index (χ3v) is 3.60. The number of rotatable bonds is 4. The summed E-state index contributed by atoms with van der Waals surface area (Å²) in [4.78, 5) is 4.12. The lowest BCUT2D eigenvalue weighted by Gasteiger charge is -2.30. The lowest BCUT2D eigenvalue weighted by atomic mass is 10.1. The molecule has 2 rings (SSSR count). The number of aromatic nitrogens is 1. The summed E-state index contributed by atoms with van der Waals surface area (Å²) >= 11 is 1.65. The van der Waals surface area contributed by atoms with Gasteiger partial charge in [-0.15, -0.1) is 0 Å². The number of hydrogen-bond donors (Lipinski definition) is 1. The van der Waals surface area contributed by atoms with Gasteiger partial charge < -0.3 is 14.5 Å². The molecule has 4 nitrogen and oxygen atoms in total. The molecule has 1 N–H and O–H groups in total. The molecule has 2 unspecified atom stereocenters. The standard InChI is InChI=1S/C10H16N2O2S/c1-2-11-8-3-5-13-7-9(8)15-10-12-4-6-14-10/h4,6,8-9,11H,2-3,5,7H2,1H3. The van der Waals surface area contributed by atoms with E-state index in [1.54, 1.807) is 24.2 Å². The first-order valence-corrected chi connectivity index (χ1v) is 6.15. The molecule has 0 saturated carbocycles. The Morgan fingerprint density at radius 2 is 2.60 bits per heavy atom. The normalized spacial score (nSPS) is 26.7. The van der Waals surface area contributed by atoms with Crippen LogP contribution in [0.25, 0.3) is 0 Å². The summed E-state index contributed by atoms with van der Waals surface area (Å²) in [7, 11) is 0. The van der Waals surface area contributed by atoms with Crippen LogP contribution in [0.1, 0.15) is 13.3 Å². The summed E-state index contributed by atoms with van der Waals surface area (Å²) in [5, 5.41) is 4.61. The number of nitrogens with zero attached hydrogens (tertiary/aromatic N) is 1. The van der Waals surface area contributed by atoms with Gasteiger partial charge in [-0.25, -0.2) is 4.98 Å². The van der Waals surface area contributed by atoms with E-state index in [9.17, 15) is 0 Å². The lowest BCUT2D eigenvalue weighted by molar-refractivity contribution is 0.0834. The Kier molecular flexibility index (Phi) is 4.05. The van der Waals surface area contributed by atoms with Crippen LogP contribution in [0.4, 0.5) is 0 Å². The highest BCUT2D eigenvalue weighted by Gasteiger charge is 2.27. The van der Waals surface area contributed by atoms with Crippen LogP contribution < -0.4 is 5.32 Å². The first-order valence-electron chi connectivity index (χ1n) is 5.27. The van der Waals surface area contributed by atoms with Gasteiger partial charge in [0.1, 0.15) is 6.26 Å². The zero-order valence-corrected chi connectivity index (χ0v) is 9.63. The maximum Gasteiger partial charge on any atom is 0.255 e. The minimum atomic E-state index is 0.400. The lowest BCUT2D eigenvalue weighted by Crippen LogP contribution is -2.44. The van der Waals surface area contributed by atoms with E-state index < -0.39 is 0 Å². The van der Waals surface area contributed by atoms with Crippen molar-refractivity contribution in [3.63, 3.8) is 0 Å². The topological polar surface area (TPSA) is 47.3 Å². The number of ether oxygens (including phenoxy) is 1. The van der Waals surface area contributed by atoms with Gasteiger partial charge in [0.2, 0.25) is 0 Å². The van der Waals surface area contributed by atoms with Crippen molar-refractivity contribution in [2.75, 3.05) is 19.8 Å². The van der Waals surface area contributed by atoms with Crippen LogP contribution >= 0.6 is 11.8 Å². The molecule has 0 aromatic carbocycles. The first kappa shape index (κ1) is 11.0. The highest BCUT2D eigenvalue weighted by atomic mass is 32.2. The van der Waals surface area contributed by atoms with Gasteiger partial charge in [0.25, 0.3) is 5.22 Å². The second-order valence-electron chi connectivity index (χ2n) is 3.48. The molecule has 15 heavy (non-hydrogen) atoms. The summed E-state index contributed by atoms with van der Waals surface area (Å²) in [6.45, 7) is 4.74. The predicted octanol–water partition coefficient (Wildman–Crippen LogP) is 1.53. The van der Waals surface area contributed by atoms with Crippen LogP contribution in [0.5, 0.6) is 0 Å². The molecular formula is C10H16N2O2S. The summed E-state index contributed by atoms with van der Waals surface area (Å²) in [6, 6.07) is 0.501. The van der Waals surface area contributed by atoms with Crippen LogP contribution in [0.3, 0.4) is 0 Å². The predicted molar refractivity (Wildman–Crippen MR) is 59.0 cm³/mol. The third-order valence-electron chi connectivity index (χ3n) is 2.43. The van der Waals surface area contributed by atoms with Crippen molar-refractivity contribution in [2.45, 2.75) is 29.9 Å². The van der Waals surface area contributed by atoms with Crippen molar-refractivity contribution in [2.24, 2.45) is 0 Å². The Morgan fingerprint density at radius 1 is 1.67 bits per heavy atom. The maximum atomic E-state index is 5.48. The molecule has 1 aromatic heterocycles. The molecule has 84 valence electrons. The molecule has 0 aliphatic carbocycles. The van der Waals surface area contributed by atoms with Gasteiger partial charge in [0.05, 0.1) is 18.1 Å². The Morgan fingerprint density at radius 3 is 3.33 bits per heavy atom. The van der Waals surface area contributed by atoms with Gasteiger partial charge in [-0.1, -0.05) is 18.7 Å². The average molecular weight is 228 g/mol. The molecule has 1 aromatic rings. The van der Waals surface area contributed by atoms with Crippen molar-refractivity contribution in [3.05, 3.63) is 12.5 Å². The fraction of sp³-hybridized carbons (Fsp3) is 0.700. The molecule has 1 aliphatic rings. The highest BCUT2D eigenvalue weighted by Crippen LogP contribution is 2.27. The monoisotopic (exact) mass is 228 g/mol. The largest absolute Gasteiger partial charge is 0.440 e. The van der Waals surface area contributed by atoms with Crippen LogP contribution in [-0.4, -0.2) is 36.0 Å². The molecular weight excluding hydrogens is 212 g/mol. The molecule has 5 heteroatoms. The van der Waals surface area contributed by atoms with E-state index in [-0.39, 0.29) is 0 Å². The fourth-order valence-electron chi connectivity index (χ4n) is 1.72. The molecule has 1 fully saturated rings. The smallest absolute Gasteiger partial charge is 0.255 e. The van der Waals surface area contributed by atoms with Crippen molar-refractivity contribution in [1.82, 2.24) is 10.3 Å². The summed E-state index contributed by atoms with van der Waals surface area (Å²) in [5.41, 5.74) is 0. The maximum absolute atomic E-state index is 5.48. The molecule has 0 amide bonds. The number of oxazole rings is 1. The molecule has 1 saturated heterocycles. The van der Waals surface area contributed by atoms with E-state index in [1.165, 1.54) is 0 Å². The quantitative estimate of drug-likeness (QED) is 0.847. The van der Waals surface area contributed by atoms with E-state index >= 15 is 0 Å². The zero-order chi connectivity index (χ0) is 10.5. The Balaban J connectivity index is 1.92. The Bertz CT molecular complexity index is 277. The molecule has 0 radical (unpaired) electrons. The van der Waals surface area contributed by atoms with E-state index in [4.69, 9.17) is 9.15 Å². The molecule has 0 bridgehead atoms. The SMILES string of the molecule is CCNC1CCOCC1Sc1ncco1. The van der Waals surface area contributed by atoms with Gasteiger partial charge >= 0.3 is 0 Å². The van der Waals surface area contributed by atoms with Crippen molar-refractivity contribution < 1.29 is 9.15 Å². The van der Waals surface area contributed by atoms with Gasteiger partial charge in [0, 0.05) is 12.6 Å². The summed E-state index contributed by atoms with van der Waals surface area (Å²) < 4.78 is 10.7. The second-order valence-corrected chi connectivity index (χ2v) is 4.67. The minimum Gasteiger partial charge on any atom is -0.440 e. The molecule has 1 aliphatic heterocycles. The van der Waals surface area contributed by atoms with Crippen molar-refractivity contribution >= 4 is 11.8 Å². The van der Waals surface area contributed by atoms with E-state index in [2.05, 4.69) is 17.2 Å². The second kappa shape index (κ2) is 5.53. The number of thioether (sulfide) groups is 1. The molecule has 2 heterocycles. The minimum absolute atomic E-state index is 0.400. The van der Waals surface area contributed by atoms with Crippen molar-refractivity contribution in [1.29, 1.82) is 0 Å². The first-order chi connectivity index (χ1) is 7.40. The average Bonchev–Trinajstić information content (AvgIpc) is 2.74. The molecule has 0 spiro atoms. The van der Waals surface area contributed by atoms with Crippen LogP contribution in [-0.2, 0) is 4.74 Å². The van der Waals surface area contributed by atoms with Crippen LogP contribution in [0.2, 0.25) is 0 Å². The summed E-state index contributed by atoms with van der Waals surface area (Å²) in [5.74, 6) is 0. The van der Waals surface area contributed by atoms with E-state index in [1.807, 2.05) is 0 Å².